The average Bonchev–Trinajstić information content (AvgIpc) is 2.75. The minimum Gasteiger partial charge on any atom is -0.322 e. The summed E-state index contributed by atoms with van der Waals surface area (Å²) >= 11 is 0. The van der Waals surface area contributed by atoms with Crippen LogP contribution in [0.5, 0.6) is 0 Å². The van der Waals surface area contributed by atoms with Gasteiger partial charge in [0, 0.05) is 6.54 Å². The molecule has 2 rings (SSSR count). The molecular formula is C18H28N2O. The lowest BCUT2D eigenvalue weighted by atomic mass is 10.1. The largest absolute Gasteiger partial charge is 0.322 e. The molecule has 3 heteroatoms. The highest BCUT2D eigenvalue weighted by molar-refractivity contribution is 5.84. The van der Waals surface area contributed by atoms with Gasteiger partial charge in [-0.25, -0.2) is 0 Å². The van der Waals surface area contributed by atoms with Crippen LogP contribution < -0.4 is 5.32 Å². The number of nitrogens with one attached hydrogen (secondary N) is 1. The standard InChI is InChI=1S/C18H28N2O/c1-5-16-18(21)20(11-7-8-13(2)3)17(19-16)15-10-6-9-14(4)12-15/h6,9-10,12-13,16-17,19H,5,7-8,11H2,1-4H3. The van der Waals surface area contributed by atoms with E-state index in [1.165, 1.54) is 17.5 Å². The minimum atomic E-state index is -0.0328. The van der Waals surface area contributed by atoms with Crippen LogP contribution in [-0.4, -0.2) is 23.4 Å². The molecule has 1 N–H and O–H groups in total. The third kappa shape index (κ3) is 3.85. The Bertz CT molecular complexity index is 484. The molecule has 1 aliphatic rings. The van der Waals surface area contributed by atoms with Crippen LogP contribution in [0.2, 0.25) is 0 Å². The van der Waals surface area contributed by atoms with E-state index in [1.54, 1.807) is 0 Å². The lowest BCUT2D eigenvalue weighted by Gasteiger charge is -2.25. The van der Waals surface area contributed by atoms with E-state index < -0.39 is 0 Å². The smallest absolute Gasteiger partial charge is 0.241 e. The van der Waals surface area contributed by atoms with E-state index in [0.29, 0.717) is 5.92 Å². The number of carbonyl (C=O) groups is 1. The number of hydrogen-bond donors (Lipinski definition) is 1. The van der Waals surface area contributed by atoms with Gasteiger partial charge in [0.15, 0.2) is 0 Å². The number of nitrogens with zero attached hydrogens (tertiary/aromatic N) is 1. The maximum Gasteiger partial charge on any atom is 0.241 e. The third-order valence-corrected chi connectivity index (χ3v) is 4.20. The van der Waals surface area contributed by atoms with Gasteiger partial charge in [0.05, 0.1) is 6.04 Å². The van der Waals surface area contributed by atoms with Gasteiger partial charge in [0.25, 0.3) is 0 Å². The molecule has 1 aromatic rings. The van der Waals surface area contributed by atoms with Crippen molar-refractivity contribution in [3.63, 3.8) is 0 Å². The Kier molecular flexibility index (Phi) is 5.40. The van der Waals surface area contributed by atoms with Crippen molar-refractivity contribution in [2.24, 2.45) is 5.92 Å². The molecular weight excluding hydrogens is 260 g/mol. The number of rotatable bonds is 6. The fraction of sp³-hybridized carbons (Fsp3) is 0.611. The summed E-state index contributed by atoms with van der Waals surface area (Å²) in [6.45, 7) is 9.48. The summed E-state index contributed by atoms with van der Waals surface area (Å²) < 4.78 is 0. The lowest BCUT2D eigenvalue weighted by Crippen LogP contribution is -2.32. The molecule has 1 saturated heterocycles. The zero-order chi connectivity index (χ0) is 15.4. The molecule has 3 nitrogen and oxygen atoms in total. The molecule has 1 heterocycles. The molecule has 2 unspecified atom stereocenters. The summed E-state index contributed by atoms with van der Waals surface area (Å²) in [6, 6.07) is 8.43. The normalized spacial score (nSPS) is 22.3. The molecule has 1 amide bonds. The van der Waals surface area contributed by atoms with Crippen molar-refractivity contribution < 1.29 is 4.79 Å². The highest BCUT2D eigenvalue weighted by atomic mass is 16.2. The molecule has 1 aliphatic heterocycles. The predicted octanol–water partition coefficient (Wildman–Crippen LogP) is 3.64. The van der Waals surface area contributed by atoms with Gasteiger partial charge < -0.3 is 4.90 Å². The molecule has 0 radical (unpaired) electrons. The van der Waals surface area contributed by atoms with E-state index in [0.717, 1.165) is 19.4 Å². The van der Waals surface area contributed by atoms with Crippen LogP contribution in [0.3, 0.4) is 0 Å². The second-order valence-corrected chi connectivity index (χ2v) is 6.51. The van der Waals surface area contributed by atoms with E-state index in [2.05, 4.69) is 57.3 Å². The van der Waals surface area contributed by atoms with Crippen molar-refractivity contribution in [1.29, 1.82) is 0 Å². The number of aryl methyl sites for hydroxylation is 1. The number of hydrogen-bond acceptors (Lipinski definition) is 2. The quantitative estimate of drug-likeness (QED) is 0.866. The van der Waals surface area contributed by atoms with Gasteiger partial charge in [-0.1, -0.05) is 50.6 Å². The van der Waals surface area contributed by atoms with E-state index in [1.807, 2.05) is 4.90 Å². The van der Waals surface area contributed by atoms with Crippen LogP contribution in [0, 0.1) is 12.8 Å². The first kappa shape index (κ1) is 16.0. The maximum absolute atomic E-state index is 12.5. The maximum atomic E-state index is 12.5. The van der Waals surface area contributed by atoms with E-state index in [-0.39, 0.29) is 18.1 Å². The minimum absolute atomic E-state index is 0.0328. The number of benzene rings is 1. The summed E-state index contributed by atoms with van der Waals surface area (Å²) in [4.78, 5) is 14.6. The Morgan fingerprint density at radius 3 is 2.71 bits per heavy atom. The van der Waals surface area contributed by atoms with Crippen molar-refractivity contribution in [3.8, 4) is 0 Å². The van der Waals surface area contributed by atoms with Gasteiger partial charge in [-0.05, 0) is 37.7 Å². The Labute approximate surface area is 128 Å². The first-order valence-electron chi connectivity index (χ1n) is 8.16. The van der Waals surface area contributed by atoms with Crippen LogP contribution >= 0.6 is 0 Å². The molecule has 21 heavy (non-hydrogen) atoms. The first-order chi connectivity index (χ1) is 10.0. The summed E-state index contributed by atoms with van der Waals surface area (Å²) in [6.07, 6.45) is 3.13. The van der Waals surface area contributed by atoms with Crippen molar-refractivity contribution in [3.05, 3.63) is 35.4 Å². The topological polar surface area (TPSA) is 32.3 Å². The molecule has 1 aromatic carbocycles. The molecule has 2 atom stereocenters. The fourth-order valence-electron chi connectivity index (χ4n) is 3.00. The zero-order valence-corrected chi connectivity index (χ0v) is 13.7. The van der Waals surface area contributed by atoms with Crippen LogP contribution in [0.25, 0.3) is 0 Å². The molecule has 0 bridgehead atoms. The monoisotopic (exact) mass is 288 g/mol. The van der Waals surface area contributed by atoms with E-state index in [9.17, 15) is 4.79 Å². The zero-order valence-electron chi connectivity index (χ0n) is 13.7. The summed E-state index contributed by atoms with van der Waals surface area (Å²) in [5.74, 6) is 0.947. The Balaban J connectivity index is 2.14. The second kappa shape index (κ2) is 7.08. The molecule has 0 saturated carbocycles. The fourth-order valence-corrected chi connectivity index (χ4v) is 3.00. The third-order valence-electron chi connectivity index (χ3n) is 4.20. The van der Waals surface area contributed by atoms with Gasteiger partial charge >= 0.3 is 0 Å². The van der Waals surface area contributed by atoms with E-state index >= 15 is 0 Å². The first-order valence-corrected chi connectivity index (χ1v) is 8.16. The van der Waals surface area contributed by atoms with Crippen molar-refractivity contribution in [1.82, 2.24) is 10.2 Å². The SMILES string of the molecule is CCC1NC(c2cccc(C)c2)N(CCCC(C)C)C1=O. The van der Waals surface area contributed by atoms with E-state index in [4.69, 9.17) is 0 Å². The average molecular weight is 288 g/mol. The Morgan fingerprint density at radius 2 is 2.10 bits per heavy atom. The van der Waals surface area contributed by atoms with Crippen LogP contribution in [0.1, 0.15) is 57.3 Å². The summed E-state index contributed by atoms with van der Waals surface area (Å²) in [5.41, 5.74) is 2.44. The van der Waals surface area contributed by atoms with Gasteiger partial charge in [-0.15, -0.1) is 0 Å². The van der Waals surface area contributed by atoms with Gasteiger partial charge in [-0.2, -0.15) is 0 Å². The van der Waals surface area contributed by atoms with Crippen LogP contribution in [-0.2, 0) is 4.79 Å². The van der Waals surface area contributed by atoms with Crippen molar-refractivity contribution in [2.45, 2.75) is 59.2 Å². The van der Waals surface area contributed by atoms with Crippen molar-refractivity contribution in [2.75, 3.05) is 6.54 Å². The van der Waals surface area contributed by atoms with Crippen LogP contribution in [0.15, 0.2) is 24.3 Å². The molecule has 1 fully saturated rings. The molecule has 0 aliphatic carbocycles. The Morgan fingerprint density at radius 1 is 1.33 bits per heavy atom. The van der Waals surface area contributed by atoms with Gasteiger partial charge in [0.2, 0.25) is 5.91 Å². The number of amides is 1. The highest BCUT2D eigenvalue weighted by Crippen LogP contribution is 2.27. The second-order valence-electron chi connectivity index (χ2n) is 6.51. The van der Waals surface area contributed by atoms with Gasteiger partial charge in [0.1, 0.15) is 6.17 Å². The summed E-state index contributed by atoms with van der Waals surface area (Å²) in [5, 5.41) is 3.50. The number of carbonyl (C=O) groups excluding carboxylic acids is 1. The Hall–Kier alpha value is -1.35. The van der Waals surface area contributed by atoms with Crippen molar-refractivity contribution >= 4 is 5.91 Å². The molecule has 116 valence electrons. The molecule has 0 aromatic heterocycles. The predicted molar refractivity (Wildman–Crippen MR) is 86.9 cm³/mol. The highest BCUT2D eigenvalue weighted by Gasteiger charge is 2.38. The summed E-state index contributed by atoms with van der Waals surface area (Å²) in [7, 11) is 0. The lowest BCUT2D eigenvalue weighted by molar-refractivity contribution is -0.130. The van der Waals surface area contributed by atoms with Gasteiger partial charge in [-0.3, -0.25) is 10.1 Å². The van der Waals surface area contributed by atoms with Crippen LogP contribution in [0.4, 0.5) is 0 Å². The molecule has 0 spiro atoms.